The minimum absolute atomic E-state index is 0.204. The van der Waals surface area contributed by atoms with Gasteiger partial charge in [0, 0.05) is 21.2 Å². The molecule has 0 saturated heterocycles. The fraction of sp³-hybridized carbons (Fsp3) is 0.192. The Bertz CT molecular complexity index is 1270. The third kappa shape index (κ3) is 7.78. The van der Waals surface area contributed by atoms with Crippen LogP contribution in [0.2, 0.25) is 10.0 Å². The van der Waals surface area contributed by atoms with Crippen LogP contribution in [0.3, 0.4) is 0 Å². The number of rotatable bonds is 9. The molecule has 0 saturated carbocycles. The number of carbonyl (C=O) groups is 2. The summed E-state index contributed by atoms with van der Waals surface area (Å²) >= 11 is 15.6. The Balaban J connectivity index is 1.58. The second-order valence-electron chi connectivity index (χ2n) is 8.15. The number of ether oxygens (including phenoxy) is 1. The molecule has 0 aliphatic rings. The van der Waals surface area contributed by atoms with Crippen LogP contribution >= 0.6 is 39.1 Å². The van der Waals surface area contributed by atoms with Gasteiger partial charge >= 0.3 is 0 Å². The highest BCUT2D eigenvalue weighted by Gasteiger charge is 2.24. The molecule has 3 aromatic carbocycles. The maximum absolute atomic E-state index is 13.1. The summed E-state index contributed by atoms with van der Waals surface area (Å²) in [7, 11) is 0. The number of nitrogens with one attached hydrogen (secondary N) is 2. The van der Waals surface area contributed by atoms with E-state index in [0.717, 1.165) is 5.56 Å². The second-order valence-corrected chi connectivity index (χ2v) is 9.85. The lowest BCUT2D eigenvalue weighted by atomic mass is 10.0. The number of hydrogen-bond donors (Lipinski definition) is 2. The van der Waals surface area contributed by atoms with Crippen LogP contribution in [0.5, 0.6) is 5.75 Å². The van der Waals surface area contributed by atoms with Crippen LogP contribution in [0, 0.1) is 11.7 Å². The molecule has 0 heterocycles. The Hall–Kier alpha value is -2.94. The molecule has 0 aliphatic carbocycles. The standard InChI is InChI=1S/C26H23BrCl2FN3O3/c1-15(2)24(32-25(34)17-5-8-20(30)9-6-17)26(35)33-31-13-16-3-10-23(21(27)11-16)36-14-18-4-7-19(28)12-22(18)29/h3-13,15,24H,14H2,1-2H3,(H,32,34)(H,33,35)/b31-13+. The third-order valence-corrected chi connectivity index (χ3v) is 6.29. The first-order chi connectivity index (χ1) is 17.1. The molecule has 2 N–H and O–H groups in total. The summed E-state index contributed by atoms with van der Waals surface area (Å²) in [5, 5.41) is 7.74. The lowest BCUT2D eigenvalue weighted by Crippen LogP contribution is -2.48. The van der Waals surface area contributed by atoms with E-state index in [1.165, 1.54) is 30.5 Å². The van der Waals surface area contributed by atoms with Crippen molar-refractivity contribution in [2.45, 2.75) is 26.5 Å². The summed E-state index contributed by atoms with van der Waals surface area (Å²) in [6.45, 7) is 3.86. The predicted octanol–water partition coefficient (Wildman–Crippen LogP) is 6.38. The van der Waals surface area contributed by atoms with Crippen molar-refractivity contribution < 1.29 is 18.7 Å². The Kier molecular flexibility index (Phi) is 9.87. The number of benzene rings is 3. The molecule has 0 bridgehead atoms. The molecule has 3 rings (SSSR count). The molecule has 6 nitrogen and oxygen atoms in total. The summed E-state index contributed by atoms with van der Waals surface area (Å²) < 4.78 is 19.6. The van der Waals surface area contributed by atoms with Gasteiger partial charge < -0.3 is 10.1 Å². The van der Waals surface area contributed by atoms with E-state index in [4.69, 9.17) is 27.9 Å². The molecule has 1 unspecified atom stereocenters. The maximum atomic E-state index is 13.1. The molecule has 0 aromatic heterocycles. The van der Waals surface area contributed by atoms with Gasteiger partial charge in [-0.15, -0.1) is 0 Å². The molecule has 0 aliphatic heterocycles. The predicted molar refractivity (Wildman–Crippen MR) is 143 cm³/mol. The van der Waals surface area contributed by atoms with Crippen molar-refractivity contribution in [3.8, 4) is 5.75 Å². The lowest BCUT2D eigenvalue weighted by molar-refractivity contribution is -0.123. The van der Waals surface area contributed by atoms with Crippen molar-refractivity contribution >= 4 is 57.2 Å². The van der Waals surface area contributed by atoms with E-state index in [2.05, 4.69) is 31.8 Å². The van der Waals surface area contributed by atoms with Gasteiger partial charge in [0.2, 0.25) is 0 Å². The molecule has 36 heavy (non-hydrogen) atoms. The number of carbonyl (C=O) groups excluding carboxylic acids is 2. The molecule has 188 valence electrons. The summed E-state index contributed by atoms with van der Waals surface area (Å²) in [6.07, 6.45) is 1.47. The Morgan fingerprint density at radius 3 is 2.44 bits per heavy atom. The zero-order chi connectivity index (χ0) is 26.2. The van der Waals surface area contributed by atoms with E-state index in [1.807, 2.05) is 0 Å². The topological polar surface area (TPSA) is 79.8 Å². The third-order valence-electron chi connectivity index (χ3n) is 5.08. The minimum atomic E-state index is -0.832. The zero-order valence-corrected chi connectivity index (χ0v) is 22.5. The highest BCUT2D eigenvalue weighted by Crippen LogP contribution is 2.28. The Labute approximate surface area is 227 Å². The summed E-state index contributed by atoms with van der Waals surface area (Å²) in [4.78, 5) is 25.1. The van der Waals surface area contributed by atoms with E-state index in [1.54, 1.807) is 50.2 Å². The van der Waals surface area contributed by atoms with Gasteiger partial charge in [-0.2, -0.15) is 5.10 Å². The van der Waals surface area contributed by atoms with Gasteiger partial charge in [-0.3, -0.25) is 9.59 Å². The maximum Gasteiger partial charge on any atom is 0.262 e. The van der Waals surface area contributed by atoms with Crippen LogP contribution in [0.25, 0.3) is 0 Å². The van der Waals surface area contributed by atoms with E-state index < -0.39 is 23.7 Å². The van der Waals surface area contributed by atoms with Gasteiger partial charge in [-0.05, 0) is 82.0 Å². The second kappa shape index (κ2) is 12.9. The van der Waals surface area contributed by atoms with Crippen LogP contribution in [0.15, 0.2) is 70.2 Å². The summed E-state index contributed by atoms with van der Waals surface area (Å²) in [6, 6.07) is 14.8. The SMILES string of the molecule is CC(C)C(NC(=O)c1ccc(F)cc1)C(=O)N/N=C/c1ccc(OCc2ccc(Cl)cc2Cl)c(Br)c1. The van der Waals surface area contributed by atoms with Crippen LogP contribution in [0.4, 0.5) is 4.39 Å². The van der Waals surface area contributed by atoms with Gasteiger partial charge in [0.1, 0.15) is 24.2 Å². The first-order valence-electron chi connectivity index (χ1n) is 10.9. The van der Waals surface area contributed by atoms with Crippen molar-refractivity contribution in [3.63, 3.8) is 0 Å². The van der Waals surface area contributed by atoms with Gasteiger partial charge in [-0.25, -0.2) is 9.82 Å². The minimum Gasteiger partial charge on any atom is -0.488 e. The average Bonchev–Trinajstić information content (AvgIpc) is 2.83. The summed E-state index contributed by atoms with van der Waals surface area (Å²) in [5.41, 5.74) is 4.21. The number of halogens is 4. The van der Waals surface area contributed by atoms with Gasteiger partial charge in [-0.1, -0.05) is 43.1 Å². The lowest BCUT2D eigenvalue weighted by Gasteiger charge is -2.20. The van der Waals surface area contributed by atoms with Gasteiger partial charge in [0.15, 0.2) is 0 Å². The molecule has 0 radical (unpaired) electrons. The van der Waals surface area contributed by atoms with Crippen LogP contribution in [-0.4, -0.2) is 24.1 Å². The van der Waals surface area contributed by atoms with Crippen LogP contribution in [0.1, 0.15) is 35.3 Å². The van der Waals surface area contributed by atoms with Crippen molar-refractivity contribution in [2.24, 2.45) is 11.0 Å². The normalized spacial score (nSPS) is 12.0. The molecule has 1 atom stereocenters. The van der Waals surface area contributed by atoms with Crippen LogP contribution < -0.4 is 15.5 Å². The number of amides is 2. The fourth-order valence-corrected chi connectivity index (χ4v) is 4.08. The van der Waals surface area contributed by atoms with Gasteiger partial charge in [0.25, 0.3) is 11.8 Å². The van der Waals surface area contributed by atoms with E-state index in [0.29, 0.717) is 25.8 Å². The summed E-state index contributed by atoms with van der Waals surface area (Å²) in [5.74, 6) is -1.01. The van der Waals surface area contributed by atoms with Crippen LogP contribution in [-0.2, 0) is 11.4 Å². The first kappa shape index (κ1) is 27.6. The molecule has 3 aromatic rings. The monoisotopic (exact) mass is 593 g/mol. The van der Waals surface area contributed by atoms with Crippen molar-refractivity contribution in [2.75, 3.05) is 0 Å². The van der Waals surface area contributed by atoms with Crippen molar-refractivity contribution in [1.29, 1.82) is 0 Å². The molecular weight excluding hydrogens is 572 g/mol. The smallest absolute Gasteiger partial charge is 0.262 e. The molecule has 10 heteroatoms. The van der Waals surface area contributed by atoms with E-state index >= 15 is 0 Å². The first-order valence-corrected chi connectivity index (χ1v) is 12.4. The van der Waals surface area contributed by atoms with E-state index in [-0.39, 0.29) is 18.1 Å². The Morgan fingerprint density at radius 2 is 1.81 bits per heavy atom. The number of nitrogens with zero attached hydrogens (tertiary/aromatic N) is 1. The Morgan fingerprint density at radius 1 is 1.08 bits per heavy atom. The molecule has 0 fully saturated rings. The average molecular weight is 595 g/mol. The molecular formula is C26H23BrCl2FN3O3. The largest absolute Gasteiger partial charge is 0.488 e. The fourth-order valence-electron chi connectivity index (χ4n) is 3.11. The van der Waals surface area contributed by atoms with Crippen molar-refractivity contribution in [1.82, 2.24) is 10.7 Å². The number of hydrogen-bond acceptors (Lipinski definition) is 4. The highest BCUT2D eigenvalue weighted by atomic mass is 79.9. The molecule has 0 spiro atoms. The quantitative estimate of drug-likeness (QED) is 0.223. The van der Waals surface area contributed by atoms with Gasteiger partial charge in [0.05, 0.1) is 10.7 Å². The highest BCUT2D eigenvalue weighted by molar-refractivity contribution is 9.10. The van der Waals surface area contributed by atoms with Crippen molar-refractivity contribution in [3.05, 3.63) is 97.7 Å². The number of hydrazone groups is 1. The molecule has 2 amide bonds. The van der Waals surface area contributed by atoms with E-state index in [9.17, 15) is 14.0 Å². The zero-order valence-electron chi connectivity index (χ0n) is 19.4.